The van der Waals surface area contributed by atoms with Gasteiger partial charge in [-0.15, -0.1) is 0 Å². The van der Waals surface area contributed by atoms with Gasteiger partial charge in [-0.1, -0.05) is 35.9 Å². The summed E-state index contributed by atoms with van der Waals surface area (Å²) in [6.45, 7) is 7.11. The predicted octanol–water partition coefficient (Wildman–Crippen LogP) is 4.47. The highest BCUT2D eigenvalue weighted by Gasteiger charge is 2.23. The maximum absolute atomic E-state index is 6.18. The second-order valence-corrected chi connectivity index (χ2v) is 11.4. The summed E-state index contributed by atoms with van der Waals surface area (Å²) in [6, 6.07) is 8.21. The van der Waals surface area contributed by atoms with Crippen molar-refractivity contribution >= 4 is 23.8 Å². The molecular weight excluding hydrogens is 480 g/mol. The van der Waals surface area contributed by atoms with Crippen LogP contribution in [-0.2, 0) is 4.74 Å². The Labute approximate surface area is 227 Å². The van der Waals surface area contributed by atoms with Crippen molar-refractivity contribution in [2.75, 3.05) is 53.2 Å². The third-order valence-corrected chi connectivity index (χ3v) is 8.61. The number of fused-ring (bicyclic) bond motifs is 1. The van der Waals surface area contributed by atoms with E-state index in [0.29, 0.717) is 12.6 Å². The van der Waals surface area contributed by atoms with Crippen LogP contribution in [-0.4, -0.2) is 67.6 Å². The molecule has 1 aromatic heterocycles. The Morgan fingerprint density at radius 1 is 1.00 bits per heavy atom. The SMILES string of the molecule is CN1CCC(CCNCOCN2CCC(c3cn(-c4ccc(Cl)cc4)c4/c3=C\C=C/CC/C=4)CC2)CC1. The van der Waals surface area contributed by atoms with Gasteiger partial charge in [-0.2, -0.15) is 0 Å². The zero-order valence-electron chi connectivity index (χ0n) is 22.4. The van der Waals surface area contributed by atoms with Gasteiger partial charge < -0.3 is 14.2 Å². The molecule has 6 heteroatoms. The lowest BCUT2D eigenvalue weighted by molar-refractivity contribution is 0.00737. The zero-order valence-corrected chi connectivity index (χ0v) is 23.1. The molecule has 0 radical (unpaired) electrons. The molecule has 37 heavy (non-hydrogen) atoms. The third-order valence-electron chi connectivity index (χ3n) is 8.36. The van der Waals surface area contributed by atoms with Crippen molar-refractivity contribution in [1.29, 1.82) is 0 Å². The van der Waals surface area contributed by atoms with E-state index >= 15 is 0 Å². The quantitative estimate of drug-likeness (QED) is 0.389. The summed E-state index contributed by atoms with van der Waals surface area (Å²) in [5.41, 5.74) is 2.65. The first-order valence-electron chi connectivity index (χ1n) is 14.2. The Kier molecular flexibility index (Phi) is 9.57. The fraction of sp³-hybridized carbons (Fsp3) is 0.548. The average Bonchev–Trinajstić information content (AvgIpc) is 3.24. The van der Waals surface area contributed by atoms with Gasteiger partial charge in [0.25, 0.3) is 0 Å². The van der Waals surface area contributed by atoms with Crippen molar-refractivity contribution in [3.8, 4) is 5.69 Å². The van der Waals surface area contributed by atoms with Crippen molar-refractivity contribution in [3.05, 3.63) is 63.8 Å². The number of piperidine rings is 2. The van der Waals surface area contributed by atoms with E-state index < -0.39 is 0 Å². The number of aromatic nitrogens is 1. The van der Waals surface area contributed by atoms with E-state index in [1.807, 2.05) is 12.1 Å². The smallest absolute Gasteiger partial charge is 0.101 e. The normalized spacial score (nSPS) is 22.9. The van der Waals surface area contributed by atoms with Gasteiger partial charge in [-0.25, -0.2) is 0 Å². The van der Waals surface area contributed by atoms with Crippen LogP contribution in [0.25, 0.3) is 17.8 Å². The summed E-state index contributed by atoms with van der Waals surface area (Å²) in [5, 5.41) is 6.98. The molecule has 2 aliphatic heterocycles. The number of hydrogen-bond acceptors (Lipinski definition) is 4. The summed E-state index contributed by atoms with van der Waals surface area (Å²) in [4.78, 5) is 4.90. The minimum Gasteiger partial charge on any atom is -0.351 e. The highest BCUT2D eigenvalue weighted by Crippen LogP contribution is 2.26. The summed E-state index contributed by atoms with van der Waals surface area (Å²) in [7, 11) is 2.23. The molecule has 2 fully saturated rings. The Balaban J connectivity index is 1.13. The molecule has 1 aliphatic carbocycles. The van der Waals surface area contributed by atoms with Gasteiger partial charge in [-0.3, -0.25) is 10.2 Å². The van der Waals surface area contributed by atoms with E-state index in [2.05, 4.69) is 69.4 Å². The molecule has 2 saturated heterocycles. The molecule has 2 aromatic rings. The number of rotatable bonds is 9. The second-order valence-electron chi connectivity index (χ2n) is 11.0. The first kappa shape index (κ1) is 26.7. The largest absolute Gasteiger partial charge is 0.351 e. The standard InChI is InChI=1S/C31H43ClN4O/c1-34-18-13-25(14-19-34)12-17-33-23-37-24-35-20-15-26(16-21-35)30-22-36(28-10-8-27(32)9-11-28)31-7-5-3-2-4-6-29(30)31/h2,4,6-11,22,25-26,33H,3,5,12-21,23-24H2,1H3/b4-2-,29-6-,31-7-. The van der Waals surface area contributed by atoms with Crippen molar-refractivity contribution in [1.82, 2.24) is 19.7 Å². The van der Waals surface area contributed by atoms with E-state index in [1.54, 1.807) is 0 Å². The zero-order chi connectivity index (χ0) is 25.5. The number of ether oxygens (including phenoxy) is 1. The van der Waals surface area contributed by atoms with Gasteiger partial charge in [0.05, 0.1) is 6.73 Å². The van der Waals surface area contributed by atoms with Crippen molar-refractivity contribution in [3.63, 3.8) is 0 Å². The molecule has 1 N–H and O–H groups in total. The van der Waals surface area contributed by atoms with E-state index in [4.69, 9.17) is 16.3 Å². The molecule has 0 spiro atoms. The first-order valence-corrected chi connectivity index (χ1v) is 14.6. The average molecular weight is 523 g/mol. The minimum absolute atomic E-state index is 0.573. The van der Waals surface area contributed by atoms with Gasteiger partial charge in [0, 0.05) is 40.6 Å². The first-order chi connectivity index (χ1) is 18.2. The molecule has 5 rings (SSSR count). The Morgan fingerprint density at radius 2 is 1.78 bits per heavy atom. The molecule has 3 heterocycles. The van der Waals surface area contributed by atoms with E-state index in [0.717, 1.165) is 50.1 Å². The third kappa shape index (κ3) is 7.15. The van der Waals surface area contributed by atoms with Crippen LogP contribution in [0.5, 0.6) is 0 Å². The molecule has 200 valence electrons. The van der Waals surface area contributed by atoms with E-state index in [-0.39, 0.29) is 0 Å². The molecule has 1 aromatic carbocycles. The molecule has 3 aliphatic rings. The fourth-order valence-corrected chi connectivity index (χ4v) is 6.14. The summed E-state index contributed by atoms with van der Waals surface area (Å²) in [6.07, 6.45) is 20.1. The molecule has 0 bridgehead atoms. The van der Waals surface area contributed by atoms with Gasteiger partial charge in [0.15, 0.2) is 0 Å². The van der Waals surface area contributed by atoms with Crippen molar-refractivity contribution in [2.45, 2.75) is 50.9 Å². The number of halogens is 1. The van der Waals surface area contributed by atoms with Gasteiger partial charge in [-0.05, 0) is 113 Å². The number of likely N-dealkylation sites (tertiary alicyclic amines) is 2. The van der Waals surface area contributed by atoms with Crippen LogP contribution in [0.2, 0.25) is 5.02 Å². The Hall–Kier alpha value is -1.89. The molecule has 0 saturated carbocycles. The molecular formula is C31H43ClN4O. The predicted molar refractivity (Wildman–Crippen MR) is 155 cm³/mol. The van der Waals surface area contributed by atoms with Crippen LogP contribution in [0, 0.1) is 5.92 Å². The van der Waals surface area contributed by atoms with E-state index in [1.165, 1.54) is 67.0 Å². The summed E-state index contributed by atoms with van der Waals surface area (Å²) < 4.78 is 8.35. The van der Waals surface area contributed by atoms with Gasteiger partial charge in [0.1, 0.15) is 6.73 Å². The Morgan fingerprint density at radius 3 is 2.57 bits per heavy atom. The number of benzene rings is 1. The van der Waals surface area contributed by atoms with E-state index in [9.17, 15) is 0 Å². The lowest BCUT2D eigenvalue weighted by Crippen LogP contribution is -2.38. The van der Waals surface area contributed by atoms with Gasteiger partial charge >= 0.3 is 0 Å². The minimum atomic E-state index is 0.573. The van der Waals surface area contributed by atoms with Crippen LogP contribution in [0.3, 0.4) is 0 Å². The maximum atomic E-state index is 6.18. The number of nitrogens with zero attached hydrogens (tertiary/aromatic N) is 3. The summed E-state index contributed by atoms with van der Waals surface area (Å²) >= 11 is 6.18. The van der Waals surface area contributed by atoms with Crippen LogP contribution >= 0.6 is 11.6 Å². The number of hydrogen-bond donors (Lipinski definition) is 1. The maximum Gasteiger partial charge on any atom is 0.101 e. The van der Waals surface area contributed by atoms with Crippen LogP contribution in [0.4, 0.5) is 0 Å². The monoisotopic (exact) mass is 522 g/mol. The molecule has 5 nitrogen and oxygen atoms in total. The lowest BCUT2D eigenvalue weighted by Gasteiger charge is -2.31. The van der Waals surface area contributed by atoms with Crippen LogP contribution in [0.1, 0.15) is 56.4 Å². The van der Waals surface area contributed by atoms with Crippen molar-refractivity contribution < 1.29 is 4.74 Å². The van der Waals surface area contributed by atoms with Crippen LogP contribution in [0.15, 0.2) is 42.6 Å². The van der Waals surface area contributed by atoms with Crippen LogP contribution < -0.4 is 15.9 Å². The van der Waals surface area contributed by atoms with Crippen molar-refractivity contribution in [2.24, 2.45) is 5.92 Å². The molecule has 0 amide bonds. The highest BCUT2D eigenvalue weighted by atomic mass is 35.5. The topological polar surface area (TPSA) is 32.7 Å². The summed E-state index contributed by atoms with van der Waals surface area (Å²) in [5.74, 6) is 1.45. The molecule has 0 unspecified atom stereocenters. The number of nitrogens with one attached hydrogen (secondary N) is 1. The molecule has 0 atom stereocenters. The lowest BCUT2D eigenvalue weighted by atomic mass is 9.90. The Bertz CT molecular complexity index is 1140. The second kappa shape index (κ2) is 13.3. The van der Waals surface area contributed by atoms with Gasteiger partial charge in [0.2, 0.25) is 0 Å². The highest BCUT2D eigenvalue weighted by molar-refractivity contribution is 6.30. The number of allylic oxidation sites excluding steroid dienone is 2. The fourth-order valence-electron chi connectivity index (χ4n) is 6.01.